The lowest BCUT2D eigenvalue weighted by molar-refractivity contribution is 0.0746. The molecular formula is C32H36N6O5S. The number of likely N-dealkylation sites (N-methyl/N-ethyl adjacent to an activating group) is 1. The zero-order valence-corrected chi connectivity index (χ0v) is 26.1. The number of carbonyl (C=O) groups is 1. The van der Waals surface area contributed by atoms with Gasteiger partial charge in [-0.1, -0.05) is 30.3 Å². The third-order valence-corrected chi connectivity index (χ3v) is 9.89. The van der Waals surface area contributed by atoms with E-state index in [0.29, 0.717) is 54.4 Å². The number of hydrogen-bond donors (Lipinski definition) is 0. The van der Waals surface area contributed by atoms with E-state index in [-0.39, 0.29) is 23.4 Å². The van der Waals surface area contributed by atoms with Crippen LogP contribution in [0, 0.1) is 13.8 Å². The number of anilines is 1. The molecular weight excluding hydrogens is 580 g/mol. The summed E-state index contributed by atoms with van der Waals surface area (Å²) in [6.07, 6.45) is 4.84. The van der Waals surface area contributed by atoms with E-state index in [0.717, 1.165) is 5.56 Å². The molecule has 44 heavy (non-hydrogen) atoms. The van der Waals surface area contributed by atoms with Crippen LogP contribution >= 0.6 is 0 Å². The minimum Gasteiger partial charge on any atom is -0.497 e. The summed E-state index contributed by atoms with van der Waals surface area (Å²) in [5.74, 6) is 1.23. The van der Waals surface area contributed by atoms with Crippen molar-refractivity contribution in [2.45, 2.75) is 24.8 Å². The third kappa shape index (κ3) is 6.66. The first-order chi connectivity index (χ1) is 21.2. The highest BCUT2D eigenvalue weighted by Crippen LogP contribution is 2.32. The highest BCUT2D eigenvalue weighted by molar-refractivity contribution is 7.89. The number of amides is 1. The first kappa shape index (κ1) is 30.9. The summed E-state index contributed by atoms with van der Waals surface area (Å²) in [4.78, 5) is 29.9. The van der Waals surface area contributed by atoms with Gasteiger partial charge in [-0.25, -0.2) is 13.4 Å². The molecule has 1 saturated heterocycles. The predicted octanol–water partition coefficient (Wildman–Crippen LogP) is 3.90. The molecule has 3 heterocycles. The van der Waals surface area contributed by atoms with Gasteiger partial charge in [0.05, 0.1) is 23.6 Å². The van der Waals surface area contributed by atoms with Crippen LogP contribution in [-0.4, -0.2) is 85.4 Å². The fraction of sp³-hybridized carbons (Fsp3) is 0.312. The van der Waals surface area contributed by atoms with E-state index < -0.39 is 16.1 Å². The SMILES string of the molecule is COc1cc(C)c(S(=O)(=O)N(C)C(COc2nccc(N3CCN(C(=O)c4cccnc4)CC3)n2)c2ccccc2)c(C)c1. The highest BCUT2D eigenvalue weighted by atomic mass is 32.2. The van der Waals surface area contributed by atoms with E-state index in [2.05, 4.69) is 19.9 Å². The van der Waals surface area contributed by atoms with Gasteiger partial charge in [0.2, 0.25) is 10.0 Å². The molecule has 1 fully saturated rings. The van der Waals surface area contributed by atoms with Crippen LogP contribution in [0.1, 0.15) is 33.1 Å². The molecule has 2 aromatic carbocycles. The van der Waals surface area contributed by atoms with Crippen LogP contribution in [0.4, 0.5) is 5.82 Å². The Morgan fingerprint density at radius 1 is 0.977 bits per heavy atom. The molecule has 2 aromatic heterocycles. The van der Waals surface area contributed by atoms with Gasteiger partial charge in [0, 0.05) is 51.8 Å². The summed E-state index contributed by atoms with van der Waals surface area (Å²) < 4.78 is 40.7. The Morgan fingerprint density at radius 3 is 2.32 bits per heavy atom. The lowest BCUT2D eigenvalue weighted by atomic mass is 10.1. The molecule has 0 aliphatic carbocycles. The largest absolute Gasteiger partial charge is 0.497 e. The predicted molar refractivity (Wildman–Crippen MR) is 166 cm³/mol. The number of methoxy groups -OCH3 is 1. The van der Waals surface area contributed by atoms with Crippen molar-refractivity contribution in [2.75, 3.05) is 51.8 Å². The summed E-state index contributed by atoms with van der Waals surface area (Å²) in [5.41, 5.74) is 2.53. The quantitative estimate of drug-likeness (QED) is 0.261. The summed E-state index contributed by atoms with van der Waals surface area (Å²) >= 11 is 0. The number of nitrogens with zero attached hydrogens (tertiary/aromatic N) is 6. The number of hydrogen-bond acceptors (Lipinski definition) is 9. The fourth-order valence-corrected chi connectivity index (χ4v) is 7.11. The van der Waals surface area contributed by atoms with Crippen molar-refractivity contribution in [1.29, 1.82) is 0 Å². The minimum absolute atomic E-state index is 0.00909. The Bertz CT molecular complexity index is 1670. The van der Waals surface area contributed by atoms with Gasteiger partial charge >= 0.3 is 6.01 Å². The Labute approximate surface area is 258 Å². The lowest BCUT2D eigenvalue weighted by Crippen LogP contribution is -2.49. The van der Waals surface area contributed by atoms with Crippen molar-refractivity contribution >= 4 is 21.7 Å². The topological polar surface area (TPSA) is 118 Å². The van der Waals surface area contributed by atoms with Crippen LogP contribution in [0.3, 0.4) is 0 Å². The zero-order valence-electron chi connectivity index (χ0n) is 25.3. The van der Waals surface area contributed by atoms with Crippen molar-refractivity contribution in [3.05, 3.63) is 102 Å². The maximum atomic E-state index is 14.0. The Kier molecular flexibility index (Phi) is 9.40. The molecule has 1 unspecified atom stereocenters. The van der Waals surface area contributed by atoms with Crippen molar-refractivity contribution in [3.8, 4) is 11.8 Å². The number of rotatable bonds is 10. The molecule has 0 saturated carbocycles. The Balaban J connectivity index is 1.31. The number of sulfonamides is 1. The number of carbonyl (C=O) groups excluding carboxylic acids is 1. The average molecular weight is 617 g/mol. The number of aromatic nitrogens is 3. The van der Waals surface area contributed by atoms with Crippen LogP contribution in [0.25, 0.3) is 0 Å². The normalized spacial score (nSPS) is 14.4. The van der Waals surface area contributed by atoms with E-state index >= 15 is 0 Å². The summed E-state index contributed by atoms with van der Waals surface area (Å²) in [7, 11) is -0.809. The van der Waals surface area contributed by atoms with Crippen LogP contribution < -0.4 is 14.4 Å². The molecule has 230 valence electrons. The van der Waals surface area contributed by atoms with Crippen LogP contribution in [0.2, 0.25) is 0 Å². The molecule has 0 bridgehead atoms. The van der Waals surface area contributed by atoms with Gasteiger partial charge in [-0.3, -0.25) is 9.78 Å². The molecule has 0 N–H and O–H groups in total. The highest BCUT2D eigenvalue weighted by Gasteiger charge is 2.33. The van der Waals surface area contributed by atoms with Crippen molar-refractivity contribution in [3.63, 3.8) is 0 Å². The number of pyridine rings is 1. The summed E-state index contributed by atoms with van der Waals surface area (Å²) in [6, 6.07) is 17.6. The van der Waals surface area contributed by atoms with Crippen molar-refractivity contribution < 1.29 is 22.7 Å². The third-order valence-electron chi connectivity index (χ3n) is 7.72. The average Bonchev–Trinajstić information content (AvgIpc) is 3.05. The molecule has 12 heteroatoms. The number of benzene rings is 2. The van der Waals surface area contributed by atoms with Gasteiger partial charge < -0.3 is 19.3 Å². The second-order valence-electron chi connectivity index (χ2n) is 10.6. The Morgan fingerprint density at radius 2 is 1.68 bits per heavy atom. The minimum atomic E-state index is -3.92. The standard InChI is InChI=1S/C32H36N6O5S/c1-23-19-27(42-4)20-24(2)30(23)44(40,41)36(3)28(25-9-6-5-7-10-25)22-43-32-34-14-12-29(35-32)37-15-17-38(18-16-37)31(39)26-11-8-13-33-21-26/h5-14,19-21,28H,15-18,22H2,1-4H3. The number of piperazine rings is 1. The fourth-order valence-electron chi connectivity index (χ4n) is 5.37. The molecule has 1 aliphatic rings. The van der Waals surface area contributed by atoms with E-state index in [4.69, 9.17) is 9.47 Å². The van der Waals surface area contributed by atoms with Gasteiger partial charge in [-0.15, -0.1) is 0 Å². The van der Waals surface area contributed by atoms with Crippen LogP contribution in [0.15, 0.2) is 84.1 Å². The smallest absolute Gasteiger partial charge is 0.318 e. The lowest BCUT2D eigenvalue weighted by Gasteiger charge is -2.35. The van der Waals surface area contributed by atoms with Gasteiger partial charge in [-0.2, -0.15) is 9.29 Å². The van der Waals surface area contributed by atoms with Crippen LogP contribution in [-0.2, 0) is 10.0 Å². The molecule has 1 atom stereocenters. The molecule has 0 radical (unpaired) electrons. The van der Waals surface area contributed by atoms with Crippen molar-refractivity contribution in [1.82, 2.24) is 24.2 Å². The first-order valence-electron chi connectivity index (χ1n) is 14.3. The van der Waals surface area contributed by atoms with Crippen LogP contribution in [0.5, 0.6) is 11.8 Å². The number of aryl methyl sites for hydroxylation is 2. The van der Waals surface area contributed by atoms with E-state index in [1.165, 1.54) is 4.31 Å². The Hall–Kier alpha value is -4.55. The second kappa shape index (κ2) is 13.4. The summed E-state index contributed by atoms with van der Waals surface area (Å²) in [6.45, 7) is 5.78. The molecule has 1 amide bonds. The maximum absolute atomic E-state index is 14.0. The first-order valence-corrected chi connectivity index (χ1v) is 15.7. The van der Waals surface area contributed by atoms with E-state index in [1.807, 2.05) is 30.3 Å². The van der Waals surface area contributed by atoms with Gasteiger partial charge in [0.1, 0.15) is 18.2 Å². The summed E-state index contributed by atoms with van der Waals surface area (Å²) in [5, 5.41) is 0. The second-order valence-corrected chi connectivity index (χ2v) is 12.5. The van der Waals surface area contributed by atoms with Gasteiger partial charge in [-0.05, 0) is 60.9 Å². The van der Waals surface area contributed by atoms with Gasteiger partial charge in [0.15, 0.2) is 0 Å². The van der Waals surface area contributed by atoms with Crippen molar-refractivity contribution in [2.24, 2.45) is 0 Å². The zero-order chi connectivity index (χ0) is 31.3. The molecule has 11 nitrogen and oxygen atoms in total. The molecule has 1 aliphatic heterocycles. The molecule has 5 rings (SSSR count). The molecule has 0 spiro atoms. The van der Waals surface area contributed by atoms with Gasteiger partial charge in [0.25, 0.3) is 5.91 Å². The van der Waals surface area contributed by atoms with E-state index in [1.54, 1.807) is 81.8 Å². The monoisotopic (exact) mass is 616 g/mol. The maximum Gasteiger partial charge on any atom is 0.318 e. The van der Waals surface area contributed by atoms with E-state index in [9.17, 15) is 13.2 Å². The number of ether oxygens (including phenoxy) is 2. The molecule has 4 aromatic rings.